The minimum atomic E-state index is -0.0598. The van der Waals surface area contributed by atoms with Crippen LogP contribution in [0, 0.1) is 13.8 Å². The predicted molar refractivity (Wildman–Crippen MR) is 68.8 cm³/mol. The molecule has 3 aromatic heterocycles. The maximum absolute atomic E-state index is 5.48. The summed E-state index contributed by atoms with van der Waals surface area (Å²) in [6.07, 6.45) is 1.70. The van der Waals surface area contributed by atoms with Gasteiger partial charge in [-0.3, -0.25) is 0 Å². The summed E-state index contributed by atoms with van der Waals surface area (Å²) in [6, 6.07) is 3.66. The molecule has 1 N–H and O–H groups in total. The molecule has 1 unspecified atom stereocenters. The van der Waals surface area contributed by atoms with Crippen LogP contribution in [-0.4, -0.2) is 24.8 Å². The van der Waals surface area contributed by atoms with Crippen LogP contribution in [0.2, 0.25) is 0 Å². The topological polar surface area (TPSA) is 81.1 Å². The van der Waals surface area contributed by atoms with Crippen LogP contribution in [0.1, 0.15) is 30.4 Å². The predicted octanol–water partition coefficient (Wildman–Crippen LogP) is 1.90. The van der Waals surface area contributed by atoms with Crippen LogP contribution in [0.25, 0.3) is 5.65 Å². The number of hydrogen-bond donors (Lipinski definition) is 1. The van der Waals surface area contributed by atoms with Gasteiger partial charge in [-0.15, -0.1) is 15.3 Å². The fourth-order valence-corrected chi connectivity index (χ4v) is 1.83. The number of rotatable bonds is 3. The molecule has 0 amide bonds. The normalized spacial score (nSPS) is 12.8. The van der Waals surface area contributed by atoms with Gasteiger partial charge in [0.15, 0.2) is 11.5 Å². The van der Waals surface area contributed by atoms with Crippen molar-refractivity contribution in [2.45, 2.75) is 26.8 Å². The highest BCUT2D eigenvalue weighted by Gasteiger charge is 2.12. The third-order valence-electron chi connectivity index (χ3n) is 2.79. The Morgan fingerprint density at radius 2 is 2.11 bits per heavy atom. The van der Waals surface area contributed by atoms with E-state index in [1.807, 2.05) is 32.9 Å². The van der Waals surface area contributed by atoms with E-state index in [2.05, 4.69) is 25.6 Å². The van der Waals surface area contributed by atoms with E-state index in [0.717, 1.165) is 23.0 Å². The van der Waals surface area contributed by atoms with E-state index in [0.29, 0.717) is 5.89 Å². The van der Waals surface area contributed by atoms with Crippen molar-refractivity contribution in [3.63, 3.8) is 0 Å². The third-order valence-corrected chi connectivity index (χ3v) is 2.79. The van der Waals surface area contributed by atoms with Gasteiger partial charge >= 0.3 is 0 Å². The van der Waals surface area contributed by atoms with Crippen molar-refractivity contribution in [1.82, 2.24) is 24.8 Å². The monoisotopic (exact) mass is 258 g/mol. The van der Waals surface area contributed by atoms with Gasteiger partial charge in [-0.1, -0.05) is 0 Å². The zero-order chi connectivity index (χ0) is 13.4. The summed E-state index contributed by atoms with van der Waals surface area (Å²) in [7, 11) is 0. The molecule has 7 nitrogen and oxygen atoms in total. The van der Waals surface area contributed by atoms with E-state index in [9.17, 15) is 0 Å². The molecule has 1 atom stereocenters. The first-order valence-electron chi connectivity index (χ1n) is 6.01. The molecule has 0 saturated heterocycles. The van der Waals surface area contributed by atoms with Crippen molar-refractivity contribution >= 4 is 11.5 Å². The molecule has 0 aliphatic carbocycles. The fraction of sp³-hybridized carbons (Fsp3) is 0.333. The van der Waals surface area contributed by atoms with Gasteiger partial charge in [0.25, 0.3) is 0 Å². The summed E-state index contributed by atoms with van der Waals surface area (Å²) in [5.74, 6) is 2.90. The van der Waals surface area contributed by atoms with Crippen molar-refractivity contribution in [2.75, 3.05) is 5.32 Å². The minimum absolute atomic E-state index is 0.0598. The standard InChI is InChI=1S/C12H14N6O/c1-7-6-13-12(19-7)8(2)14-10-4-5-11-16-15-9(3)18(11)17-10/h4-6,8H,1-3H3,(H,14,17). The second-order valence-electron chi connectivity index (χ2n) is 4.41. The Morgan fingerprint density at radius 1 is 1.26 bits per heavy atom. The minimum Gasteiger partial charge on any atom is -0.444 e. The molecule has 3 aromatic rings. The molecular formula is C12H14N6O. The average Bonchev–Trinajstić information content (AvgIpc) is 2.97. The molecule has 0 fully saturated rings. The Labute approximate surface area is 109 Å². The molecule has 0 aromatic carbocycles. The Bertz CT molecular complexity index is 716. The highest BCUT2D eigenvalue weighted by molar-refractivity contribution is 5.44. The molecular weight excluding hydrogens is 244 g/mol. The SMILES string of the molecule is Cc1cnc(C(C)Nc2ccc3nnc(C)n3n2)o1. The quantitative estimate of drug-likeness (QED) is 0.772. The fourth-order valence-electron chi connectivity index (χ4n) is 1.83. The number of aryl methyl sites for hydroxylation is 2. The van der Waals surface area contributed by atoms with Gasteiger partial charge in [0.2, 0.25) is 5.89 Å². The van der Waals surface area contributed by atoms with E-state index in [4.69, 9.17) is 4.42 Å². The smallest absolute Gasteiger partial charge is 0.216 e. The summed E-state index contributed by atoms with van der Waals surface area (Å²) in [5.41, 5.74) is 0.725. The second-order valence-corrected chi connectivity index (χ2v) is 4.41. The zero-order valence-electron chi connectivity index (χ0n) is 11.0. The number of fused-ring (bicyclic) bond motifs is 1. The molecule has 3 heterocycles. The highest BCUT2D eigenvalue weighted by Crippen LogP contribution is 2.17. The molecule has 19 heavy (non-hydrogen) atoms. The van der Waals surface area contributed by atoms with Gasteiger partial charge in [0.05, 0.1) is 6.20 Å². The lowest BCUT2D eigenvalue weighted by atomic mass is 10.3. The number of nitrogens with one attached hydrogen (secondary N) is 1. The summed E-state index contributed by atoms with van der Waals surface area (Å²) in [4.78, 5) is 4.19. The Balaban J connectivity index is 1.86. The first kappa shape index (κ1) is 11.6. The number of nitrogens with zero attached hydrogens (tertiary/aromatic N) is 5. The first-order chi connectivity index (χ1) is 9.13. The Hall–Kier alpha value is -2.44. The molecule has 0 aliphatic heterocycles. The van der Waals surface area contributed by atoms with Gasteiger partial charge < -0.3 is 9.73 Å². The van der Waals surface area contributed by atoms with Gasteiger partial charge in [0.1, 0.15) is 17.6 Å². The van der Waals surface area contributed by atoms with Crippen molar-refractivity contribution in [1.29, 1.82) is 0 Å². The number of anilines is 1. The molecule has 0 radical (unpaired) electrons. The third kappa shape index (κ3) is 2.14. The van der Waals surface area contributed by atoms with E-state index in [1.165, 1.54) is 0 Å². The lowest BCUT2D eigenvalue weighted by Crippen LogP contribution is -2.10. The summed E-state index contributed by atoms with van der Waals surface area (Å²) in [5, 5.41) is 15.6. The maximum Gasteiger partial charge on any atom is 0.216 e. The molecule has 7 heteroatoms. The first-order valence-corrected chi connectivity index (χ1v) is 6.01. The molecule has 0 spiro atoms. The van der Waals surface area contributed by atoms with Gasteiger partial charge in [-0.2, -0.15) is 4.52 Å². The van der Waals surface area contributed by atoms with Crippen molar-refractivity contribution < 1.29 is 4.42 Å². The number of hydrogen-bond acceptors (Lipinski definition) is 6. The molecule has 3 rings (SSSR count). The average molecular weight is 258 g/mol. The van der Waals surface area contributed by atoms with Gasteiger partial charge in [0, 0.05) is 0 Å². The summed E-state index contributed by atoms with van der Waals surface area (Å²) in [6.45, 7) is 5.70. The maximum atomic E-state index is 5.48. The van der Waals surface area contributed by atoms with Crippen LogP contribution in [0.5, 0.6) is 0 Å². The van der Waals surface area contributed by atoms with Crippen LogP contribution < -0.4 is 5.32 Å². The summed E-state index contributed by atoms with van der Waals surface area (Å²) >= 11 is 0. The van der Waals surface area contributed by atoms with Crippen molar-refractivity contribution in [3.8, 4) is 0 Å². The van der Waals surface area contributed by atoms with E-state index in [1.54, 1.807) is 10.7 Å². The van der Waals surface area contributed by atoms with Crippen LogP contribution in [0.3, 0.4) is 0 Å². The van der Waals surface area contributed by atoms with E-state index in [-0.39, 0.29) is 6.04 Å². The van der Waals surface area contributed by atoms with Crippen molar-refractivity contribution in [3.05, 3.63) is 35.8 Å². The number of oxazole rings is 1. The van der Waals surface area contributed by atoms with Crippen LogP contribution in [0.4, 0.5) is 5.82 Å². The second kappa shape index (κ2) is 4.34. The van der Waals surface area contributed by atoms with Crippen LogP contribution in [-0.2, 0) is 0 Å². The van der Waals surface area contributed by atoms with Gasteiger partial charge in [-0.05, 0) is 32.9 Å². The van der Waals surface area contributed by atoms with Crippen LogP contribution in [0.15, 0.2) is 22.7 Å². The lowest BCUT2D eigenvalue weighted by Gasteiger charge is -2.10. The molecule has 98 valence electrons. The molecule has 0 saturated carbocycles. The zero-order valence-corrected chi connectivity index (χ0v) is 11.0. The van der Waals surface area contributed by atoms with Gasteiger partial charge in [-0.25, -0.2) is 4.98 Å². The summed E-state index contributed by atoms with van der Waals surface area (Å²) < 4.78 is 7.17. The molecule has 0 bridgehead atoms. The molecule has 0 aliphatic rings. The van der Waals surface area contributed by atoms with Crippen LogP contribution >= 0.6 is 0 Å². The Morgan fingerprint density at radius 3 is 2.84 bits per heavy atom. The largest absolute Gasteiger partial charge is 0.444 e. The van der Waals surface area contributed by atoms with E-state index >= 15 is 0 Å². The Kier molecular flexibility index (Phi) is 2.66. The van der Waals surface area contributed by atoms with Crippen molar-refractivity contribution in [2.24, 2.45) is 0 Å². The number of aromatic nitrogens is 5. The highest BCUT2D eigenvalue weighted by atomic mass is 16.4. The lowest BCUT2D eigenvalue weighted by molar-refractivity contribution is 0.453. The van der Waals surface area contributed by atoms with E-state index < -0.39 is 0 Å².